The lowest BCUT2D eigenvalue weighted by atomic mass is 10.4. The lowest BCUT2D eigenvalue weighted by Crippen LogP contribution is -2.13. The Morgan fingerprint density at radius 2 is 1.94 bits per heavy atom. The van der Waals surface area contributed by atoms with Gasteiger partial charge in [-0.3, -0.25) is 0 Å². The molecule has 0 aromatic rings. The van der Waals surface area contributed by atoms with Crippen LogP contribution in [0.15, 0.2) is 12.2 Å². The molecule has 0 heterocycles. The first-order chi connectivity index (χ1) is 8.11. The van der Waals surface area contributed by atoms with Crippen molar-refractivity contribution in [1.82, 2.24) is 0 Å². The van der Waals surface area contributed by atoms with Crippen LogP contribution in [0, 0.1) is 0 Å². The van der Waals surface area contributed by atoms with Gasteiger partial charge in [0, 0.05) is 29.3 Å². The maximum atomic E-state index is 11.1. The molecule has 0 spiro atoms. The maximum Gasteiger partial charge on any atom is 0.333 e. The van der Waals surface area contributed by atoms with E-state index in [2.05, 4.69) is 6.58 Å². The Morgan fingerprint density at radius 3 is 2.47 bits per heavy atom. The second-order valence-electron chi connectivity index (χ2n) is 4.02. The predicted molar refractivity (Wildman–Crippen MR) is 71.0 cm³/mol. The van der Waals surface area contributed by atoms with Gasteiger partial charge in [0.05, 0.1) is 6.61 Å². The van der Waals surface area contributed by atoms with Crippen molar-refractivity contribution in [1.29, 1.82) is 0 Å². The fourth-order valence-corrected chi connectivity index (χ4v) is 2.92. The number of hydrogen-bond donors (Lipinski definition) is 0. The van der Waals surface area contributed by atoms with Crippen LogP contribution in [0.25, 0.3) is 0 Å². The van der Waals surface area contributed by atoms with Crippen LogP contribution in [0.5, 0.6) is 0 Å². The standard InChI is InChI=1S/C12H24O4Si/c1-10(2)12(13)16-7-5-8-17-9-6-11(14-3)15-4/h11H,1,5-9,17H2,2-4H3. The summed E-state index contributed by atoms with van der Waals surface area (Å²) in [7, 11) is 3.23. The molecule has 0 saturated carbocycles. The minimum absolute atomic E-state index is 0.0660. The molecular formula is C12H24O4Si. The Kier molecular flexibility index (Phi) is 10.1. The van der Waals surface area contributed by atoms with E-state index in [0.29, 0.717) is 12.2 Å². The number of hydrogen-bond acceptors (Lipinski definition) is 4. The zero-order valence-electron chi connectivity index (χ0n) is 11.2. The third-order valence-corrected chi connectivity index (χ3v) is 4.35. The lowest BCUT2D eigenvalue weighted by Gasteiger charge is -2.12. The van der Waals surface area contributed by atoms with Crippen molar-refractivity contribution in [3.63, 3.8) is 0 Å². The van der Waals surface area contributed by atoms with E-state index in [9.17, 15) is 4.79 Å². The van der Waals surface area contributed by atoms with E-state index >= 15 is 0 Å². The van der Waals surface area contributed by atoms with Crippen LogP contribution >= 0.6 is 0 Å². The van der Waals surface area contributed by atoms with E-state index in [1.165, 1.54) is 12.1 Å². The first-order valence-electron chi connectivity index (χ1n) is 6.00. The smallest absolute Gasteiger partial charge is 0.333 e. The van der Waals surface area contributed by atoms with Crippen LogP contribution in [0.4, 0.5) is 0 Å². The van der Waals surface area contributed by atoms with Crippen molar-refractivity contribution in [2.45, 2.75) is 38.1 Å². The Bertz CT molecular complexity index is 227. The molecule has 0 atom stereocenters. The third kappa shape index (κ3) is 9.09. The summed E-state index contributed by atoms with van der Waals surface area (Å²) in [5.74, 6) is -0.287. The molecule has 100 valence electrons. The molecule has 0 saturated heterocycles. The average Bonchev–Trinajstić information content (AvgIpc) is 2.32. The van der Waals surface area contributed by atoms with Crippen molar-refractivity contribution in [2.75, 3.05) is 20.8 Å². The summed E-state index contributed by atoms with van der Waals surface area (Å²) >= 11 is 0. The van der Waals surface area contributed by atoms with E-state index in [1.54, 1.807) is 21.1 Å². The molecule has 0 aromatic heterocycles. The highest BCUT2D eigenvalue weighted by Gasteiger charge is 2.05. The number of carbonyl (C=O) groups excluding carboxylic acids is 1. The number of ether oxygens (including phenoxy) is 3. The molecule has 5 heteroatoms. The summed E-state index contributed by atoms with van der Waals surface area (Å²) in [4.78, 5) is 11.1. The van der Waals surface area contributed by atoms with E-state index in [4.69, 9.17) is 14.2 Å². The van der Waals surface area contributed by atoms with E-state index in [1.807, 2.05) is 0 Å². The van der Waals surface area contributed by atoms with Crippen LogP contribution in [-0.2, 0) is 19.0 Å². The Balaban J connectivity index is 3.29. The molecule has 0 unspecified atom stereocenters. The van der Waals surface area contributed by atoms with Crippen LogP contribution in [0.2, 0.25) is 12.1 Å². The van der Waals surface area contributed by atoms with Crippen molar-refractivity contribution in [2.24, 2.45) is 0 Å². The fourth-order valence-electron chi connectivity index (χ4n) is 1.39. The van der Waals surface area contributed by atoms with Gasteiger partial charge in [0.25, 0.3) is 0 Å². The van der Waals surface area contributed by atoms with Gasteiger partial charge in [0.1, 0.15) is 0 Å². The Morgan fingerprint density at radius 1 is 1.29 bits per heavy atom. The molecule has 0 aromatic carbocycles. The van der Waals surface area contributed by atoms with Gasteiger partial charge in [-0.25, -0.2) is 4.79 Å². The maximum absolute atomic E-state index is 11.1. The topological polar surface area (TPSA) is 44.8 Å². The minimum atomic E-state index is -0.287. The molecule has 4 nitrogen and oxygen atoms in total. The number of carbonyl (C=O) groups is 1. The average molecular weight is 260 g/mol. The van der Waals surface area contributed by atoms with Gasteiger partial charge in [0.15, 0.2) is 6.29 Å². The van der Waals surface area contributed by atoms with Crippen LogP contribution in [-0.4, -0.2) is 42.6 Å². The molecular weight excluding hydrogens is 236 g/mol. The number of esters is 1. The summed E-state index contributed by atoms with van der Waals surface area (Å²) < 4.78 is 15.2. The summed E-state index contributed by atoms with van der Waals surface area (Å²) in [6, 6.07) is 2.38. The van der Waals surface area contributed by atoms with Crippen molar-refractivity contribution in [3.05, 3.63) is 12.2 Å². The zero-order chi connectivity index (χ0) is 13.1. The first kappa shape index (κ1) is 16.3. The second-order valence-corrected chi connectivity index (χ2v) is 6.14. The molecule has 0 fully saturated rings. The van der Waals surface area contributed by atoms with Crippen LogP contribution in [0.3, 0.4) is 0 Å². The first-order valence-corrected chi connectivity index (χ1v) is 8.00. The fraction of sp³-hybridized carbons (Fsp3) is 0.750. The highest BCUT2D eigenvalue weighted by atomic mass is 28.2. The third-order valence-electron chi connectivity index (χ3n) is 2.44. The summed E-state index contributed by atoms with van der Waals surface area (Å²) in [5, 5.41) is 0. The molecule has 0 N–H and O–H groups in total. The largest absolute Gasteiger partial charge is 0.462 e. The predicted octanol–water partition coefficient (Wildman–Crippen LogP) is 1.51. The van der Waals surface area contributed by atoms with Crippen molar-refractivity contribution in [3.8, 4) is 0 Å². The zero-order valence-corrected chi connectivity index (χ0v) is 12.6. The van der Waals surface area contributed by atoms with Gasteiger partial charge in [-0.15, -0.1) is 0 Å². The summed E-state index contributed by atoms with van der Waals surface area (Å²) in [6.45, 7) is 5.70. The van der Waals surface area contributed by atoms with Gasteiger partial charge >= 0.3 is 5.97 Å². The van der Waals surface area contributed by atoms with Gasteiger partial charge < -0.3 is 14.2 Å². The Hall–Kier alpha value is -0.653. The summed E-state index contributed by atoms with van der Waals surface area (Å²) in [6.07, 6.45) is 1.85. The molecule has 0 radical (unpaired) electrons. The monoisotopic (exact) mass is 260 g/mol. The van der Waals surface area contributed by atoms with Gasteiger partial charge in [-0.05, 0) is 19.8 Å². The van der Waals surface area contributed by atoms with E-state index in [-0.39, 0.29) is 21.8 Å². The van der Waals surface area contributed by atoms with E-state index in [0.717, 1.165) is 12.8 Å². The molecule has 0 aliphatic heterocycles. The molecule has 0 amide bonds. The lowest BCUT2D eigenvalue weighted by molar-refractivity contribution is -0.138. The highest BCUT2D eigenvalue weighted by molar-refractivity contribution is 6.35. The minimum Gasteiger partial charge on any atom is -0.462 e. The summed E-state index contributed by atoms with van der Waals surface area (Å²) in [5.41, 5.74) is 0.463. The SMILES string of the molecule is C=C(C)C(=O)OCCC[SiH2]CCC(OC)OC. The molecule has 0 aliphatic carbocycles. The normalized spacial score (nSPS) is 11.3. The van der Waals surface area contributed by atoms with Crippen LogP contribution < -0.4 is 0 Å². The Labute approximate surface area is 106 Å². The number of methoxy groups -OCH3 is 2. The van der Waals surface area contributed by atoms with Crippen molar-refractivity contribution < 1.29 is 19.0 Å². The van der Waals surface area contributed by atoms with Crippen LogP contribution in [0.1, 0.15) is 19.8 Å². The van der Waals surface area contributed by atoms with Crippen molar-refractivity contribution >= 4 is 15.5 Å². The molecule has 17 heavy (non-hydrogen) atoms. The van der Waals surface area contributed by atoms with Gasteiger partial charge in [-0.2, -0.15) is 0 Å². The highest BCUT2D eigenvalue weighted by Crippen LogP contribution is 2.04. The molecule has 0 bridgehead atoms. The quantitative estimate of drug-likeness (QED) is 0.196. The molecule has 0 rings (SSSR count). The van der Waals surface area contributed by atoms with E-state index < -0.39 is 0 Å². The second kappa shape index (κ2) is 10.5. The molecule has 0 aliphatic rings. The number of rotatable bonds is 10. The van der Waals surface area contributed by atoms with Gasteiger partial charge in [-0.1, -0.05) is 18.7 Å². The van der Waals surface area contributed by atoms with Gasteiger partial charge in [0.2, 0.25) is 0 Å².